The maximum absolute atomic E-state index is 12.1. The van der Waals surface area contributed by atoms with E-state index in [0.29, 0.717) is 0 Å². The van der Waals surface area contributed by atoms with Crippen molar-refractivity contribution in [3.63, 3.8) is 0 Å². The normalized spacial score (nSPS) is 43.4. The van der Waals surface area contributed by atoms with Gasteiger partial charge in [0, 0.05) is 18.1 Å². The molecule has 2 bridgehead atoms. The first kappa shape index (κ1) is 9.12. The summed E-state index contributed by atoms with van der Waals surface area (Å²) in [4.78, 5) is 0. The lowest BCUT2D eigenvalue weighted by atomic mass is 9.97. The maximum atomic E-state index is 12.1. The van der Waals surface area contributed by atoms with E-state index in [2.05, 4.69) is 0 Å². The second-order valence-corrected chi connectivity index (χ2v) is 6.89. The van der Waals surface area contributed by atoms with Gasteiger partial charge in [-0.1, -0.05) is 0 Å². The number of sulfonamides is 1. The van der Waals surface area contributed by atoms with Crippen LogP contribution < -0.4 is 5.73 Å². The molecule has 1 aliphatic carbocycles. The van der Waals surface area contributed by atoms with Crippen molar-refractivity contribution in [1.82, 2.24) is 4.31 Å². The molecule has 0 amide bonds. The number of hydrogen-bond acceptors (Lipinski definition) is 3. The highest BCUT2D eigenvalue weighted by Crippen LogP contribution is 2.43. The summed E-state index contributed by atoms with van der Waals surface area (Å²) in [6, 6.07) is 0.425. The SMILES string of the molecule is NC1CC2CCC1N2S(=O)(=O)C1CC1. The van der Waals surface area contributed by atoms with Gasteiger partial charge >= 0.3 is 0 Å². The van der Waals surface area contributed by atoms with Crippen LogP contribution >= 0.6 is 0 Å². The monoisotopic (exact) mass is 216 g/mol. The van der Waals surface area contributed by atoms with Gasteiger partial charge in [0.2, 0.25) is 10.0 Å². The van der Waals surface area contributed by atoms with Crippen molar-refractivity contribution < 1.29 is 8.42 Å². The summed E-state index contributed by atoms with van der Waals surface area (Å²) in [7, 11) is -2.98. The Balaban J connectivity index is 1.92. The molecule has 3 rings (SSSR count). The summed E-state index contributed by atoms with van der Waals surface area (Å²) in [5, 5.41) is -0.0732. The molecule has 1 saturated carbocycles. The molecule has 14 heavy (non-hydrogen) atoms. The lowest BCUT2D eigenvalue weighted by molar-refractivity contribution is 0.387. The van der Waals surface area contributed by atoms with Gasteiger partial charge in [0.05, 0.1) is 5.25 Å². The molecule has 3 atom stereocenters. The Morgan fingerprint density at radius 2 is 1.86 bits per heavy atom. The minimum Gasteiger partial charge on any atom is -0.326 e. The van der Waals surface area contributed by atoms with Crippen LogP contribution in [0.3, 0.4) is 0 Å². The van der Waals surface area contributed by atoms with Gasteiger partial charge in [-0.05, 0) is 32.1 Å². The Labute approximate surface area is 84.5 Å². The van der Waals surface area contributed by atoms with Crippen LogP contribution in [0.4, 0.5) is 0 Å². The summed E-state index contributed by atoms with van der Waals surface area (Å²) in [5.41, 5.74) is 5.92. The highest BCUT2D eigenvalue weighted by Gasteiger charge is 2.54. The third-order valence-corrected chi connectivity index (χ3v) is 6.23. The van der Waals surface area contributed by atoms with Crippen molar-refractivity contribution in [3.8, 4) is 0 Å². The first-order chi connectivity index (χ1) is 6.60. The van der Waals surface area contributed by atoms with E-state index in [4.69, 9.17) is 5.73 Å². The molecule has 0 aromatic heterocycles. The van der Waals surface area contributed by atoms with E-state index in [1.54, 1.807) is 4.31 Å². The Kier molecular flexibility index (Phi) is 1.77. The summed E-state index contributed by atoms with van der Waals surface area (Å²) < 4.78 is 25.9. The average Bonchev–Trinajstić information content (AvgIpc) is 2.83. The molecule has 0 spiro atoms. The standard InChI is InChI=1S/C9H16N2O2S/c10-8-5-6-1-4-9(8)11(6)14(12,13)7-2-3-7/h6-9H,1-5,10H2. The molecule has 3 unspecified atom stereocenters. The van der Waals surface area contributed by atoms with Crippen LogP contribution in [0.2, 0.25) is 0 Å². The van der Waals surface area contributed by atoms with Crippen LogP contribution in [0.5, 0.6) is 0 Å². The fourth-order valence-corrected chi connectivity index (χ4v) is 5.24. The topological polar surface area (TPSA) is 63.4 Å². The highest BCUT2D eigenvalue weighted by molar-refractivity contribution is 7.90. The molecule has 5 heteroatoms. The van der Waals surface area contributed by atoms with Crippen LogP contribution in [0.15, 0.2) is 0 Å². The summed E-state index contributed by atoms with van der Waals surface area (Å²) in [6.07, 6.45) is 4.57. The number of hydrogen-bond donors (Lipinski definition) is 1. The fourth-order valence-electron chi connectivity index (χ4n) is 2.92. The van der Waals surface area contributed by atoms with E-state index in [9.17, 15) is 8.42 Å². The first-order valence-corrected chi connectivity index (χ1v) is 6.89. The van der Waals surface area contributed by atoms with Gasteiger partial charge in [-0.15, -0.1) is 0 Å². The first-order valence-electron chi connectivity index (χ1n) is 5.38. The van der Waals surface area contributed by atoms with Gasteiger partial charge in [-0.3, -0.25) is 0 Å². The van der Waals surface area contributed by atoms with E-state index in [1.807, 2.05) is 0 Å². The zero-order valence-corrected chi connectivity index (χ0v) is 8.91. The Bertz CT molecular complexity index is 350. The van der Waals surface area contributed by atoms with Crippen LogP contribution in [0, 0.1) is 0 Å². The fraction of sp³-hybridized carbons (Fsp3) is 1.00. The predicted octanol–water partition coefficient (Wildman–Crippen LogP) is 0.0426. The molecule has 2 aliphatic heterocycles. The van der Waals surface area contributed by atoms with Gasteiger partial charge in [-0.25, -0.2) is 8.42 Å². The van der Waals surface area contributed by atoms with Crippen LogP contribution in [-0.2, 0) is 10.0 Å². The number of nitrogens with two attached hydrogens (primary N) is 1. The van der Waals surface area contributed by atoms with E-state index in [1.165, 1.54) is 0 Å². The summed E-state index contributed by atoms with van der Waals surface area (Å²) in [5.74, 6) is 0. The van der Waals surface area contributed by atoms with Crippen LogP contribution in [-0.4, -0.2) is 36.1 Å². The van der Waals surface area contributed by atoms with Gasteiger partial charge in [0.25, 0.3) is 0 Å². The van der Waals surface area contributed by atoms with Crippen molar-refractivity contribution in [2.45, 2.75) is 55.5 Å². The Morgan fingerprint density at radius 3 is 2.29 bits per heavy atom. The molecule has 0 radical (unpaired) electrons. The van der Waals surface area contributed by atoms with Crippen molar-refractivity contribution in [2.24, 2.45) is 5.73 Å². The quantitative estimate of drug-likeness (QED) is 0.709. The van der Waals surface area contributed by atoms with Gasteiger partial charge in [0.15, 0.2) is 0 Å². The van der Waals surface area contributed by atoms with Crippen LogP contribution in [0.25, 0.3) is 0 Å². The molecule has 3 fully saturated rings. The number of nitrogens with zero attached hydrogens (tertiary/aromatic N) is 1. The van der Waals surface area contributed by atoms with Gasteiger partial charge in [0.1, 0.15) is 0 Å². The summed E-state index contributed by atoms with van der Waals surface area (Å²) in [6.45, 7) is 0. The third-order valence-electron chi connectivity index (χ3n) is 3.76. The van der Waals surface area contributed by atoms with Crippen molar-refractivity contribution in [1.29, 1.82) is 0 Å². The molecule has 80 valence electrons. The molecule has 3 aliphatic rings. The second kappa shape index (κ2) is 2.71. The van der Waals surface area contributed by atoms with E-state index >= 15 is 0 Å². The predicted molar refractivity (Wildman–Crippen MR) is 53.2 cm³/mol. The number of rotatable bonds is 2. The molecule has 0 aromatic rings. The van der Waals surface area contributed by atoms with E-state index in [-0.39, 0.29) is 23.4 Å². The second-order valence-electron chi connectivity index (χ2n) is 4.77. The summed E-state index contributed by atoms with van der Waals surface area (Å²) >= 11 is 0. The molecular formula is C9H16N2O2S. The zero-order chi connectivity index (χ0) is 9.92. The molecule has 2 saturated heterocycles. The van der Waals surface area contributed by atoms with Gasteiger partial charge in [-0.2, -0.15) is 4.31 Å². The Morgan fingerprint density at radius 1 is 1.14 bits per heavy atom. The molecular weight excluding hydrogens is 200 g/mol. The van der Waals surface area contributed by atoms with Crippen molar-refractivity contribution in [3.05, 3.63) is 0 Å². The highest BCUT2D eigenvalue weighted by atomic mass is 32.2. The molecule has 2 heterocycles. The van der Waals surface area contributed by atoms with Crippen molar-refractivity contribution in [2.75, 3.05) is 0 Å². The minimum absolute atomic E-state index is 0.0732. The zero-order valence-electron chi connectivity index (χ0n) is 8.09. The lowest BCUT2D eigenvalue weighted by Gasteiger charge is -2.22. The van der Waals surface area contributed by atoms with E-state index < -0.39 is 10.0 Å². The smallest absolute Gasteiger partial charge is 0.217 e. The minimum atomic E-state index is -2.98. The molecule has 0 aromatic carbocycles. The lowest BCUT2D eigenvalue weighted by Crippen LogP contribution is -2.41. The third kappa shape index (κ3) is 1.09. The maximum Gasteiger partial charge on any atom is 0.217 e. The number of fused-ring (bicyclic) bond motifs is 2. The molecule has 2 N–H and O–H groups in total. The van der Waals surface area contributed by atoms with Crippen LogP contribution in [0.1, 0.15) is 32.1 Å². The Hall–Kier alpha value is -0.130. The average molecular weight is 216 g/mol. The van der Waals surface area contributed by atoms with E-state index in [0.717, 1.165) is 32.1 Å². The van der Waals surface area contributed by atoms with Gasteiger partial charge < -0.3 is 5.73 Å². The molecule has 4 nitrogen and oxygen atoms in total. The largest absolute Gasteiger partial charge is 0.326 e. The van der Waals surface area contributed by atoms with Crippen molar-refractivity contribution >= 4 is 10.0 Å².